The summed E-state index contributed by atoms with van der Waals surface area (Å²) in [5, 5.41) is 5.68. The second-order valence-corrected chi connectivity index (χ2v) is 7.93. The van der Waals surface area contributed by atoms with Crippen LogP contribution in [0.5, 0.6) is 0 Å². The Morgan fingerprint density at radius 3 is 2.57 bits per heavy atom. The molecule has 1 aliphatic rings. The number of aromatic nitrogens is 2. The molecular weight excluding hydrogens is 378 g/mol. The first-order valence-electron chi connectivity index (χ1n) is 10.6. The number of rotatable bonds is 7. The summed E-state index contributed by atoms with van der Waals surface area (Å²) < 4.78 is 0. The molecule has 2 N–H and O–H groups in total. The maximum Gasteiger partial charge on any atom is 0.254 e. The largest absolute Gasteiger partial charge is 0.355 e. The van der Waals surface area contributed by atoms with Crippen LogP contribution in [0.25, 0.3) is 0 Å². The van der Waals surface area contributed by atoms with E-state index in [0.717, 1.165) is 31.5 Å². The summed E-state index contributed by atoms with van der Waals surface area (Å²) in [5.74, 6) is 1.07. The number of piperidine rings is 1. The van der Waals surface area contributed by atoms with E-state index in [1.54, 1.807) is 20.2 Å². The van der Waals surface area contributed by atoms with Crippen molar-refractivity contribution in [1.82, 2.24) is 25.5 Å². The highest BCUT2D eigenvalue weighted by atomic mass is 16.2. The SMILES string of the molecule is CNC(=O)c1cnc(C)nc1CCNC(=O)[C@@H](c1ccccc1)N1CCC(C)CC1. The summed E-state index contributed by atoms with van der Waals surface area (Å²) in [6.07, 6.45) is 4.22. The van der Waals surface area contributed by atoms with Crippen molar-refractivity contribution < 1.29 is 9.59 Å². The van der Waals surface area contributed by atoms with Gasteiger partial charge < -0.3 is 10.6 Å². The van der Waals surface area contributed by atoms with E-state index in [4.69, 9.17) is 0 Å². The molecule has 160 valence electrons. The summed E-state index contributed by atoms with van der Waals surface area (Å²) >= 11 is 0. The number of nitrogens with zero attached hydrogens (tertiary/aromatic N) is 3. The Hall–Kier alpha value is -2.80. The molecular formula is C23H31N5O2. The summed E-state index contributed by atoms with van der Waals surface area (Å²) in [5.41, 5.74) is 2.10. The summed E-state index contributed by atoms with van der Waals surface area (Å²) in [7, 11) is 1.58. The maximum absolute atomic E-state index is 13.2. The molecule has 1 aromatic carbocycles. The third kappa shape index (κ3) is 5.42. The topological polar surface area (TPSA) is 87.2 Å². The van der Waals surface area contributed by atoms with Gasteiger partial charge in [-0.3, -0.25) is 14.5 Å². The van der Waals surface area contributed by atoms with E-state index >= 15 is 0 Å². The molecule has 1 atom stereocenters. The van der Waals surface area contributed by atoms with Crippen LogP contribution in [0, 0.1) is 12.8 Å². The van der Waals surface area contributed by atoms with Gasteiger partial charge in [-0.05, 0) is 44.3 Å². The molecule has 0 unspecified atom stereocenters. The molecule has 30 heavy (non-hydrogen) atoms. The second kappa shape index (κ2) is 10.3. The van der Waals surface area contributed by atoms with E-state index in [0.29, 0.717) is 36.0 Å². The van der Waals surface area contributed by atoms with Gasteiger partial charge in [0.05, 0.1) is 11.3 Å². The quantitative estimate of drug-likeness (QED) is 0.733. The number of carbonyl (C=O) groups excluding carboxylic acids is 2. The first-order chi connectivity index (χ1) is 14.5. The maximum atomic E-state index is 13.2. The molecule has 7 nitrogen and oxygen atoms in total. The average Bonchev–Trinajstić information content (AvgIpc) is 2.76. The van der Waals surface area contributed by atoms with Gasteiger partial charge in [-0.25, -0.2) is 9.97 Å². The number of nitrogens with one attached hydrogen (secondary N) is 2. The Morgan fingerprint density at radius 1 is 1.20 bits per heavy atom. The van der Waals surface area contributed by atoms with Crippen molar-refractivity contribution in [3.63, 3.8) is 0 Å². The predicted octanol–water partition coefficient (Wildman–Crippen LogP) is 2.28. The summed E-state index contributed by atoms with van der Waals surface area (Å²) in [6.45, 7) is 6.30. The molecule has 0 aliphatic carbocycles. The first kappa shape index (κ1) is 21.9. The van der Waals surface area contributed by atoms with Crippen LogP contribution < -0.4 is 10.6 Å². The lowest BCUT2D eigenvalue weighted by molar-refractivity contribution is -0.127. The minimum Gasteiger partial charge on any atom is -0.355 e. The molecule has 7 heteroatoms. The van der Waals surface area contributed by atoms with Gasteiger partial charge >= 0.3 is 0 Å². The highest BCUT2D eigenvalue weighted by molar-refractivity contribution is 5.94. The Labute approximate surface area is 178 Å². The van der Waals surface area contributed by atoms with Crippen LogP contribution in [-0.4, -0.2) is 53.4 Å². The number of carbonyl (C=O) groups is 2. The molecule has 2 amide bonds. The number of likely N-dealkylation sites (tertiary alicyclic amines) is 1. The molecule has 1 aliphatic heterocycles. The van der Waals surface area contributed by atoms with Crippen molar-refractivity contribution in [3.8, 4) is 0 Å². The van der Waals surface area contributed by atoms with Gasteiger partial charge in [-0.1, -0.05) is 37.3 Å². The van der Waals surface area contributed by atoms with Gasteiger partial charge in [0, 0.05) is 26.2 Å². The van der Waals surface area contributed by atoms with E-state index < -0.39 is 0 Å². The third-order valence-electron chi connectivity index (χ3n) is 5.67. The zero-order chi connectivity index (χ0) is 21.5. The minimum absolute atomic E-state index is 0.0111. The van der Waals surface area contributed by atoms with Gasteiger partial charge in [0.25, 0.3) is 5.91 Å². The first-order valence-corrected chi connectivity index (χ1v) is 10.6. The Morgan fingerprint density at radius 2 is 1.90 bits per heavy atom. The predicted molar refractivity (Wildman–Crippen MR) is 116 cm³/mol. The summed E-state index contributed by atoms with van der Waals surface area (Å²) in [6, 6.07) is 9.64. The normalized spacial score (nSPS) is 16.1. The second-order valence-electron chi connectivity index (χ2n) is 7.93. The van der Waals surface area contributed by atoms with Crippen molar-refractivity contribution in [2.75, 3.05) is 26.7 Å². The number of amides is 2. The molecule has 0 radical (unpaired) electrons. The molecule has 1 aromatic heterocycles. The molecule has 0 saturated carbocycles. The molecule has 1 fully saturated rings. The lowest BCUT2D eigenvalue weighted by Gasteiger charge is -2.36. The fourth-order valence-corrected chi connectivity index (χ4v) is 3.88. The summed E-state index contributed by atoms with van der Waals surface area (Å²) in [4.78, 5) is 36.1. The van der Waals surface area contributed by atoms with Gasteiger partial charge in [-0.15, -0.1) is 0 Å². The van der Waals surface area contributed by atoms with E-state index in [1.807, 2.05) is 30.3 Å². The zero-order valence-electron chi connectivity index (χ0n) is 18.0. The lowest BCUT2D eigenvalue weighted by atomic mass is 9.95. The number of benzene rings is 1. The highest BCUT2D eigenvalue weighted by Crippen LogP contribution is 2.27. The molecule has 0 spiro atoms. The van der Waals surface area contributed by atoms with Crippen LogP contribution in [0.4, 0.5) is 0 Å². The highest BCUT2D eigenvalue weighted by Gasteiger charge is 2.30. The van der Waals surface area contributed by atoms with Crippen molar-refractivity contribution in [3.05, 3.63) is 59.2 Å². The minimum atomic E-state index is -0.302. The van der Waals surface area contributed by atoms with Gasteiger partial charge in [-0.2, -0.15) is 0 Å². The van der Waals surface area contributed by atoms with E-state index in [2.05, 4.69) is 32.4 Å². The van der Waals surface area contributed by atoms with Crippen molar-refractivity contribution in [2.24, 2.45) is 5.92 Å². The third-order valence-corrected chi connectivity index (χ3v) is 5.67. The smallest absolute Gasteiger partial charge is 0.254 e. The Balaban J connectivity index is 1.70. The Bertz CT molecular complexity index is 863. The number of hydrogen-bond donors (Lipinski definition) is 2. The fraction of sp³-hybridized carbons (Fsp3) is 0.478. The zero-order valence-corrected chi connectivity index (χ0v) is 18.0. The van der Waals surface area contributed by atoms with Gasteiger partial charge in [0.15, 0.2) is 0 Å². The van der Waals surface area contributed by atoms with Crippen molar-refractivity contribution in [1.29, 1.82) is 0 Å². The molecule has 0 bridgehead atoms. The van der Waals surface area contributed by atoms with Crippen LogP contribution >= 0.6 is 0 Å². The van der Waals surface area contributed by atoms with Crippen LogP contribution in [0.3, 0.4) is 0 Å². The van der Waals surface area contributed by atoms with Crippen LogP contribution in [0.2, 0.25) is 0 Å². The number of hydrogen-bond acceptors (Lipinski definition) is 5. The van der Waals surface area contributed by atoms with E-state index in [-0.39, 0.29) is 17.9 Å². The monoisotopic (exact) mass is 409 g/mol. The standard InChI is InChI=1S/C23H31N5O2/c1-16-10-13-28(14-11-16)21(18-7-5-4-6-8-18)23(30)25-12-9-20-19(22(29)24-3)15-26-17(2)27-20/h4-8,15-16,21H,9-14H2,1-3H3,(H,24,29)(H,25,30)/t21-/m1/s1. The van der Waals surface area contributed by atoms with Gasteiger partial charge in [0.1, 0.15) is 11.9 Å². The van der Waals surface area contributed by atoms with Crippen LogP contribution in [0.1, 0.15) is 53.2 Å². The van der Waals surface area contributed by atoms with Crippen LogP contribution in [0.15, 0.2) is 36.5 Å². The average molecular weight is 410 g/mol. The molecule has 2 heterocycles. The lowest BCUT2D eigenvalue weighted by Crippen LogP contribution is -2.44. The molecule has 3 rings (SSSR count). The van der Waals surface area contributed by atoms with E-state index in [9.17, 15) is 9.59 Å². The Kier molecular flexibility index (Phi) is 7.52. The number of aryl methyl sites for hydroxylation is 1. The fourth-order valence-electron chi connectivity index (χ4n) is 3.88. The van der Waals surface area contributed by atoms with Gasteiger partial charge in [0.2, 0.25) is 5.91 Å². The van der Waals surface area contributed by atoms with Crippen molar-refractivity contribution in [2.45, 2.75) is 39.2 Å². The van der Waals surface area contributed by atoms with E-state index in [1.165, 1.54) is 0 Å². The van der Waals surface area contributed by atoms with Crippen LogP contribution in [-0.2, 0) is 11.2 Å². The molecule has 2 aromatic rings. The molecule has 1 saturated heterocycles. The van der Waals surface area contributed by atoms with Crippen molar-refractivity contribution >= 4 is 11.8 Å².